The van der Waals surface area contributed by atoms with Crippen LogP contribution in [-0.4, -0.2) is 39.8 Å². The molecule has 170 valence electrons. The van der Waals surface area contributed by atoms with Gasteiger partial charge in [0.25, 0.3) is 0 Å². The van der Waals surface area contributed by atoms with Gasteiger partial charge in [-0.05, 0) is 42.0 Å². The Hall–Kier alpha value is -3.76. The zero-order valence-corrected chi connectivity index (χ0v) is 18.2. The highest BCUT2D eigenvalue weighted by molar-refractivity contribution is 7.89. The molecule has 0 amide bonds. The van der Waals surface area contributed by atoms with Gasteiger partial charge in [-0.2, -0.15) is 9.40 Å². The van der Waals surface area contributed by atoms with Crippen LogP contribution in [0.15, 0.2) is 77.8 Å². The number of aromatic nitrogens is 2. The second-order valence-electron chi connectivity index (χ2n) is 7.31. The van der Waals surface area contributed by atoms with Crippen LogP contribution in [0.1, 0.15) is 5.56 Å². The molecule has 33 heavy (non-hydrogen) atoms. The number of rotatable bonds is 6. The van der Waals surface area contributed by atoms with E-state index in [0.717, 1.165) is 16.4 Å². The van der Waals surface area contributed by atoms with Gasteiger partial charge in [0, 0.05) is 25.2 Å². The molecule has 0 unspecified atom stereocenters. The average molecular weight is 471 g/mol. The summed E-state index contributed by atoms with van der Waals surface area (Å²) in [5.74, 6) is -2.16. The van der Waals surface area contributed by atoms with Crippen molar-refractivity contribution in [2.45, 2.75) is 11.4 Å². The monoisotopic (exact) mass is 471 g/mol. The zero-order chi connectivity index (χ0) is 23.8. The van der Waals surface area contributed by atoms with Crippen molar-refractivity contribution in [3.05, 3.63) is 90.1 Å². The number of hydrogen-bond donors (Lipinski definition) is 2. The molecule has 10 heteroatoms. The molecule has 1 heterocycles. The molecule has 0 aliphatic rings. The van der Waals surface area contributed by atoms with E-state index in [0.29, 0.717) is 5.56 Å². The van der Waals surface area contributed by atoms with Crippen molar-refractivity contribution < 1.29 is 27.4 Å². The molecule has 0 atom stereocenters. The van der Waals surface area contributed by atoms with E-state index in [1.165, 1.54) is 60.4 Å². The maximum absolute atomic E-state index is 14.3. The van der Waals surface area contributed by atoms with E-state index >= 15 is 0 Å². The van der Waals surface area contributed by atoms with Crippen LogP contribution in [-0.2, 0) is 16.6 Å². The van der Waals surface area contributed by atoms with Crippen molar-refractivity contribution in [2.24, 2.45) is 0 Å². The number of aromatic hydroxyl groups is 2. The topological polar surface area (TPSA) is 95.7 Å². The van der Waals surface area contributed by atoms with Crippen LogP contribution in [0.5, 0.6) is 11.5 Å². The van der Waals surface area contributed by atoms with Gasteiger partial charge in [0.1, 0.15) is 33.7 Å². The average Bonchev–Trinajstić information content (AvgIpc) is 3.23. The molecule has 0 saturated carbocycles. The lowest BCUT2D eigenvalue weighted by Crippen LogP contribution is -2.26. The number of phenolic OH excluding ortho intramolecular Hbond substituents is 2. The van der Waals surface area contributed by atoms with Gasteiger partial charge in [-0.25, -0.2) is 21.9 Å². The summed E-state index contributed by atoms with van der Waals surface area (Å²) in [5.41, 5.74) is 0.739. The first kappa shape index (κ1) is 22.4. The second-order valence-corrected chi connectivity index (χ2v) is 9.32. The number of phenols is 2. The van der Waals surface area contributed by atoms with Crippen LogP contribution in [0.25, 0.3) is 16.9 Å². The Kier molecular flexibility index (Phi) is 5.88. The molecule has 0 spiro atoms. The Morgan fingerprint density at radius 3 is 2.45 bits per heavy atom. The van der Waals surface area contributed by atoms with Gasteiger partial charge in [0.15, 0.2) is 0 Å². The molecule has 4 rings (SSSR count). The van der Waals surface area contributed by atoms with Crippen molar-refractivity contribution in [1.29, 1.82) is 0 Å². The molecule has 2 N–H and O–H groups in total. The molecule has 0 aliphatic carbocycles. The van der Waals surface area contributed by atoms with E-state index in [2.05, 4.69) is 5.10 Å². The maximum Gasteiger partial charge on any atom is 0.246 e. The van der Waals surface area contributed by atoms with Crippen molar-refractivity contribution in [1.82, 2.24) is 14.1 Å². The predicted molar refractivity (Wildman–Crippen MR) is 117 cm³/mol. The summed E-state index contributed by atoms with van der Waals surface area (Å²) in [6, 6.07) is 14.8. The lowest BCUT2D eigenvalue weighted by molar-refractivity contribution is 0.429. The highest BCUT2D eigenvalue weighted by atomic mass is 32.2. The summed E-state index contributed by atoms with van der Waals surface area (Å²) in [6.45, 7) is -0.150. The Balaban J connectivity index is 1.78. The first-order valence-electron chi connectivity index (χ1n) is 9.74. The van der Waals surface area contributed by atoms with Crippen LogP contribution in [0.4, 0.5) is 8.78 Å². The standard InChI is InChI=1S/C23H19F2N3O4S/c1-27(14-15-5-4-6-16(24)11-15)33(31,32)23-12-17(21(29)13-22(23)30)19-9-10-26-28(19)20-8-3-2-7-18(20)25/h2-13,29-30H,14H2,1H3. The van der Waals surface area contributed by atoms with E-state index in [1.54, 1.807) is 12.1 Å². The Morgan fingerprint density at radius 2 is 1.73 bits per heavy atom. The summed E-state index contributed by atoms with van der Waals surface area (Å²) < 4.78 is 56.4. The molecular formula is C23H19F2N3O4S. The molecule has 1 aromatic heterocycles. The fourth-order valence-corrected chi connectivity index (χ4v) is 4.68. The molecule has 0 saturated heterocycles. The van der Waals surface area contributed by atoms with Gasteiger partial charge in [0.05, 0.1) is 11.9 Å². The first-order valence-corrected chi connectivity index (χ1v) is 11.2. The van der Waals surface area contributed by atoms with E-state index in [-0.39, 0.29) is 23.5 Å². The number of para-hydroxylation sites is 1. The summed E-state index contributed by atoms with van der Waals surface area (Å²) in [4.78, 5) is -0.476. The van der Waals surface area contributed by atoms with Gasteiger partial charge in [-0.15, -0.1) is 0 Å². The van der Waals surface area contributed by atoms with Gasteiger partial charge in [0.2, 0.25) is 10.0 Å². The van der Waals surface area contributed by atoms with Crippen molar-refractivity contribution in [2.75, 3.05) is 7.05 Å². The summed E-state index contributed by atoms with van der Waals surface area (Å²) >= 11 is 0. The van der Waals surface area contributed by atoms with Gasteiger partial charge in [-0.1, -0.05) is 24.3 Å². The van der Waals surface area contributed by atoms with Crippen LogP contribution < -0.4 is 0 Å². The summed E-state index contributed by atoms with van der Waals surface area (Å²) in [7, 11) is -2.96. The Morgan fingerprint density at radius 1 is 0.970 bits per heavy atom. The summed E-state index contributed by atoms with van der Waals surface area (Å²) in [6.07, 6.45) is 1.37. The minimum atomic E-state index is -4.25. The van der Waals surface area contributed by atoms with E-state index in [1.807, 2.05) is 0 Å². The number of nitrogens with zero attached hydrogens (tertiary/aromatic N) is 3. The number of halogens is 2. The second kappa shape index (κ2) is 8.64. The maximum atomic E-state index is 14.3. The lowest BCUT2D eigenvalue weighted by atomic mass is 10.1. The predicted octanol–water partition coefficient (Wildman–Crippen LogP) is 4.05. The number of hydrogen-bond acceptors (Lipinski definition) is 5. The van der Waals surface area contributed by atoms with Crippen LogP contribution in [0.3, 0.4) is 0 Å². The van der Waals surface area contributed by atoms with E-state index < -0.39 is 38.1 Å². The van der Waals surface area contributed by atoms with Crippen LogP contribution in [0, 0.1) is 11.6 Å². The SMILES string of the molecule is CN(Cc1cccc(F)c1)S(=O)(=O)c1cc(-c2ccnn2-c2ccccc2F)c(O)cc1O. The molecule has 7 nitrogen and oxygen atoms in total. The highest BCUT2D eigenvalue weighted by Crippen LogP contribution is 2.38. The molecule has 4 aromatic rings. The van der Waals surface area contributed by atoms with E-state index in [4.69, 9.17) is 0 Å². The van der Waals surface area contributed by atoms with E-state index in [9.17, 15) is 27.4 Å². The highest BCUT2D eigenvalue weighted by Gasteiger charge is 2.27. The quantitative estimate of drug-likeness (QED) is 0.442. The molecule has 3 aromatic carbocycles. The summed E-state index contributed by atoms with van der Waals surface area (Å²) in [5, 5.41) is 24.9. The number of sulfonamides is 1. The van der Waals surface area contributed by atoms with Crippen molar-refractivity contribution in [3.8, 4) is 28.4 Å². The molecule has 0 radical (unpaired) electrons. The van der Waals surface area contributed by atoms with Gasteiger partial charge >= 0.3 is 0 Å². The Labute approximate surface area is 188 Å². The minimum absolute atomic E-state index is 0.0197. The largest absolute Gasteiger partial charge is 0.507 e. The third-order valence-corrected chi connectivity index (χ3v) is 6.89. The van der Waals surface area contributed by atoms with Crippen molar-refractivity contribution >= 4 is 10.0 Å². The third-order valence-electron chi connectivity index (χ3n) is 5.06. The fraction of sp³-hybridized carbons (Fsp3) is 0.0870. The molecule has 0 fully saturated rings. The van der Waals surface area contributed by atoms with Crippen LogP contribution in [0.2, 0.25) is 0 Å². The number of benzene rings is 3. The Bertz CT molecular complexity index is 1440. The smallest absolute Gasteiger partial charge is 0.246 e. The zero-order valence-electron chi connectivity index (χ0n) is 17.4. The van der Waals surface area contributed by atoms with Gasteiger partial charge < -0.3 is 10.2 Å². The lowest BCUT2D eigenvalue weighted by Gasteiger charge is -2.19. The third kappa shape index (κ3) is 4.30. The van der Waals surface area contributed by atoms with Gasteiger partial charge in [-0.3, -0.25) is 0 Å². The normalized spacial score (nSPS) is 11.8. The fourth-order valence-electron chi connectivity index (χ4n) is 3.44. The minimum Gasteiger partial charge on any atom is -0.507 e. The molecule has 0 bridgehead atoms. The van der Waals surface area contributed by atoms with Crippen molar-refractivity contribution in [3.63, 3.8) is 0 Å². The van der Waals surface area contributed by atoms with Crippen LogP contribution >= 0.6 is 0 Å². The first-order chi connectivity index (χ1) is 15.7. The molecule has 0 aliphatic heterocycles. The molecular weight excluding hydrogens is 452 g/mol.